The first-order chi connectivity index (χ1) is 14.1. The van der Waals surface area contributed by atoms with E-state index in [-0.39, 0.29) is 24.6 Å². The van der Waals surface area contributed by atoms with Gasteiger partial charge < -0.3 is 15.0 Å². The van der Waals surface area contributed by atoms with Gasteiger partial charge in [0.1, 0.15) is 21.6 Å². The minimum absolute atomic E-state index is 0.0146. The maximum Gasteiger partial charge on any atom is 0.255 e. The molecule has 1 heterocycles. The number of benzene rings is 2. The largest absolute Gasteiger partial charge is 0.495 e. The van der Waals surface area contributed by atoms with Gasteiger partial charge in [-0.05, 0) is 36.6 Å². The van der Waals surface area contributed by atoms with E-state index in [4.69, 9.17) is 16.3 Å². The zero-order chi connectivity index (χ0) is 22.1. The Morgan fingerprint density at radius 2 is 2.00 bits per heavy atom. The summed E-state index contributed by atoms with van der Waals surface area (Å²) < 4.78 is 28.8. The van der Waals surface area contributed by atoms with Crippen LogP contribution in [0.3, 0.4) is 0 Å². The predicted octanol–water partition coefficient (Wildman–Crippen LogP) is 3.05. The maximum atomic E-state index is 13.2. The molecule has 0 saturated carbocycles. The van der Waals surface area contributed by atoms with E-state index < -0.39 is 21.8 Å². The summed E-state index contributed by atoms with van der Waals surface area (Å²) in [5, 5.41) is 3.27. The SMILES string of the molecule is COc1cc(Cl)c(C)cc1NC(=O)[C@H](CCS(C)(=O)=O)N1Cc2ccccc2C1=O. The molecular weight excluding hydrogens is 428 g/mol. The third-order valence-corrected chi connectivity index (χ3v) is 6.41. The summed E-state index contributed by atoms with van der Waals surface area (Å²) in [6.07, 6.45) is 1.09. The number of carbonyl (C=O) groups is 2. The van der Waals surface area contributed by atoms with Crippen LogP contribution in [0, 0.1) is 6.92 Å². The fourth-order valence-electron chi connectivity index (χ4n) is 3.43. The number of carbonyl (C=O) groups excluding carboxylic acids is 2. The van der Waals surface area contributed by atoms with E-state index in [0.717, 1.165) is 17.4 Å². The van der Waals surface area contributed by atoms with Crippen molar-refractivity contribution in [3.05, 3.63) is 58.1 Å². The monoisotopic (exact) mass is 450 g/mol. The van der Waals surface area contributed by atoms with Crippen LogP contribution in [-0.2, 0) is 21.2 Å². The number of halogens is 1. The fourth-order valence-corrected chi connectivity index (χ4v) is 4.23. The van der Waals surface area contributed by atoms with Crippen LogP contribution >= 0.6 is 11.6 Å². The van der Waals surface area contributed by atoms with Crippen molar-refractivity contribution < 1.29 is 22.7 Å². The van der Waals surface area contributed by atoms with Gasteiger partial charge in [-0.25, -0.2) is 8.42 Å². The average Bonchev–Trinajstić information content (AvgIpc) is 3.00. The highest BCUT2D eigenvalue weighted by Gasteiger charge is 2.36. The highest BCUT2D eigenvalue weighted by atomic mass is 35.5. The molecule has 0 saturated heterocycles. The smallest absolute Gasteiger partial charge is 0.255 e. The summed E-state index contributed by atoms with van der Waals surface area (Å²) in [5.74, 6) is -0.627. The van der Waals surface area contributed by atoms with Gasteiger partial charge in [-0.3, -0.25) is 9.59 Å². The topological polar surface area (TPSA) is 92.8 Å². The molecule has 1 atom stereocenters. The second-order valence-corrected chi connectivity index (χ2v) is 9.98. The van der Waals surface area contributed by atoms with Gasteiger partial charge in [-0.15, -0.1) is 0 Å². The second kappa shape index (κ2) is 8.65. The summed E-state index contributed by atoms with van der Waals surface area (Å²) in [7, 11) is -1.87. The first kappa shape index (κ1) is 22.1. The summed E-state index contributed by atoms with van der Waals surface area (Å²) in [4.78, 5) is 27.5. The molecule has 7 nitrogen and oxygen atoms in total. The molecule has 0 fully saturated rings. The number of methoxy groups -OCH3 is 1. The quantitative estimate of drug-likeness (QED) is 0.699. The predicted molar refractivity (Wildman–Crippen MR) is 116 cm³/mol. The molecule has 3 rings (SSSR count). The lowest BCUT2D eigenvalue weighted by molar-refractivity contribution is -0.120. The van der Waals surface area contributed by atoms with Crippen molar-refractivity contribution in [3.63, 3.8) is 0 Å². The Kier molecular flexibility index (Phi) is 6.38. The highest BCUT2D eigenvalue weighted by molar-refractivity contribution is 7.90. The van der Waals surface area contributed by atoms with Crippen molar-refractivity contribution in [1.82, 2.24) is 4.90 Å². The normalized spacial score (nSPS) is 14.4. The second-order valence-electron chi connectivity index (χ2n) is 7.32. The number of aryl methyl sites for hydroxylation is 1. The minimum Gasteiger partial charge on any atom is -0.495 e. The van der Waals surface area contributed by atoms with E-state index >= 15 is 0 Å². The maximum absolute atomic E-state index is 13.2. The summed E-state index contributed by atoms with van der Waals surface area (Å²) in [6.45, 7) is 2.03. The molecule has 1 N–H and O–H groups in total. The first-order valence-electron chi connectivity index (χ1n) is 9.32. The van der Waals surface area contributed by atoms with Gasteiger partial charge >= 0.3 is 0 Å². The van der Waals surface area contributed by atoms with Crippen molar-refractivity contribution >= 4 is 38.9 Å². The minimum atomic E-state index is -3.33. The van der Waals surface area contributed by atoms with Gasteiger partial charge in [0.25, 0.3) is 5.91 Å². The highest BCUT2D eigenvalue weighted by Crippen LogP contribution is 2.32. The molecule has 30 heavy (non-hydrogen) atoms. The van der Waals surface area contributed by atoms with Crippen LogP contribution in [0.4, 0.5) is 5.69 Å². The molecule has 160 valence electrons. The van der Waals surface area contributed by atoms with Crippen LogP contribution in [0.5, 0.6) is 5.75 Å². The Morgan fingerprint density at radius 3 is 2.63 bits per heavy atom. The van der Waals surface area contributed by atoms with Crippen LogP contribution in [0.25, 0.3) is 0 Å². The molecular formula is C21H23ClN2O5S. The van der Waals surface area contributed by atoms with Gasteiger partial charge in [0, 0.05) is 29.5 Å². The zero-order valence-corrected chi connectivity index (χ0v) is 18.5. The van der Waals surface area contributed by atoms with E-state index in [9.17, 15) is 18.0 Å². The lowest BCUT2D eigenvalue weighted by Gasteiger charge is -2.27. The van der Waals surface area contributed by atoms with Crippen molar-refractivity contribution in [2.45, 2.75) is 25.9 Å². The third-order valence-electron chi connectivity index (χ3n) is 5.03. The average molecular weight is 451 g/mol. The molecule has 2 aromatic carbocycles. The molecule has 9 heteroatoms. The lowest BCUT2D eigenvalue weighted by atomic mass is 10.1. The molecule has 0 bridgehead atoms. The van der Waals surface area contributed by atoms with E-state index in [1.54, 1.807) is 31.2 Å². The Hall–Kier alpha value is -2.58. The number of anilines is 1. The number of sulfone groups is 1. The molecule has 0 aliphatic carbocycles. The molecule has 1 aliphatic heterocycles. The van der Waals surface area contributed by atoms with Gasteiger partial charge in [0.15, 0.2) is 0 Å². The lowest BCUT2D eigenvalue weighted by Crippen LogP contribution is -2.45. The molecule has 1 aliphatic rings. The van der Waals surface area contributed by atoms with Crippen molar-refractivity contribution in [1.29, 1.82) is 0 Å². The summed E-state index contributed by atoms with van der Waals surface area (Å²) in [5.41, 5.74) is 2.47. The molecule has 0 aromatic heterocycles. The van der Waals surface area contributed by atoms with Crippen molar-refractivity contribution in [2.75, 3.05) is 24.4 Å². The number of nitrogens with zero attached hydrogens (tertiary/aromatic N) is 1. The molecule has 0 unspecified atom stereocenters. The van der Waals surface area contributed by atoms with E-state index in [0.29, 0.717) is 22.0 Å². The van der Waals surface area contributed by atoms with E-state index in [1.807, 2.05) is 12.1 Å². The zero-order valence-electron chi connectivity index (χ0n) is 16.9. The van der Waals surface area contributed by atoms with E-state index in [1.165, 1.54) is 12.0 Å². The first-order valence-corrected chi connectivity index (χ1v) is 11.8. The van der Waals surface area contributed by atoms with Crippen molar-refractivity contribution in [2.24, 2.45) is 0 Å². The van der Waals surface area contributed by atoms with Gasteiger partial charge in [-0.2, -0.15) is 0 Å². The standard InChI is InChI=1S/C21H23ClN2O5S/c1-13-10-17(19(29-2)11-16(13)22)23-20(25)18(8-9-30(3,27)28)24-12-14-6-4-5-7-15(14)21(24)26/h4-7,10-11,18H,8-9,12H2,1-3H3,(H,23,25)/t18-/m0/s1. The Bertz CT molecular complexity index is 1100. The molecule has 2 amide bonds. The molecule has 2 aromatic rings. The number of hydrogen-bond donors (Lipinski definition) is 1. The van der Waals surface area contributed by atoms with Crippen LogP contribution in [0.2, 0.25) is 5.02 Å². The number of ether oxygens (including phenoxy) is 1. The fraction of sp³-hybridized carbons (Fsp3) is 0.333. The van der Waals surface area contributed by atoms with E-state index in [2.05, 4.69) is 5.32 Å². The molecule has 0 spiro atoms. The van der Waals surface area contributed by atoms with Crippen molar-refractivity contribution in [3.8, 4) is 5.75 Å². The van der Waals surface area contributed by atoms with Gasteiger partial charge in [0.2, 0.25) is 5.91 Å². The van der Waals surface area contributed by atoms with Gasteiger partial charge in [0.05, 0.1) is 18.6 Å². The number of fused-ring (bicyclic) bond motifs is 1. The number of rotatable bonds is 7. The third kappa shape index (κ3) is 4.76. The van der Waals surface area contributed by atoms with Gasteiger partial charge in [-0.1, -0.05) is 29.8 Å². The molecule has 0 radical (unpaired) electrons. The Balaban J connectivity index is 1.91. The number of nitrogens with one attached hydrogen (secondary N) is 1. The van der Waals surface area contributed by atoms with Crippen LogP contribution < -0.4 is 10.1 Å². The summed E-state index contributed by atoms with van der Waals surface area (Å²) >= 11 is 6.13. The van der Waals surface area contributed by atoms with Crippen LogP contribution in [-0.4, -0.2) is 50.3 Å². The Morgan fingerprint density at radius 1 is 1.30 bits per heavy atom. The number of hydrogen-bond acceptors (Lipinski definition) is 5. The Labute approximate surface area is 180 Å². The number of amides is 2. The van der Waals surface area contributed by atoms with Crippen LogP contribution in [0.15, 0.2) is 36.4 Å². The van der Waals surface area contributed by atoms with Crippen LogP contribution in [0.1, 0.15) is 27.9 Å². The summed E-state index contributed by atoms with van der Waals surface area (Å²) in [6, 6.07) is 9.41.